The van der Waals surface area contributed by atoms with E-state index in [2.05, 4.69) is 0 Å². The van der Waals surface area contributed by atoms with Crippen LogP contribution in [0.25, 0.3) is 0 Å². The summed E-state index contributed by atoms with van der Waals surface area (Å²) in [5.74, 6) is -0.746. The summed E-state index contributed by atoms with van der Waals surface area (Å²) in [5.41, 5.74) is -0.161. The first-order valence-electron chi connectivity index (χ1n) is 6.95. The van der Waals surface area contributed by atoms with Crippen LogP contribution in [-0.2, 0) is 14.3 Å². The molecule has 0 saturated carbocycles. The van der Waals surface area contributed by atoms with Crippen molar-refractivity contribution >= 4 is 17.5 Å². The van der Waals surface area contributed by atoms with Gasteiger partial charge in [0.2, 0.25) is 11.8 Å². The van der Waals surface area contributed by atoms with Crippen molar-refractivity contribution in [2.75, 3.05) is 12.0 Å². The molecule has 1 aromatic rings. The van der Waals surface area contributed by atoms with Gasteiger partial charge in [-0.05, 0) is 19.1 Å². The Kier molecular flexibility index (Phi) is 2.37. The summed E-state index contributed by atoms with van der Waals surface area (Å²) in [5, 5.41) is 0. The van der Waals surface area contributed by atoms with Crippen LogP contribution in [0.15, 0.2) is 36.4 Å². The quantitative estimate of drug-likeness (QED) is 0.611. The topological polar surface area (TPSA) is 55.8 Å². The monoisotopic (exact) mass is 285 g/mol. The number of methoxy groups -OCH3 is 1. The molecule has 4 atom stereocenters. The van der Waals surface area contributed by atoms with E-state index in [-0.39, 0.29) is 17.9 Å². The Morgan fingerprint density at radius 1 is 1.24 bits per heavy atom. The molecule has 108 valence electrons. The summed E-state index contributed by atoms with van der Waals surface area (Å²) in [6.45, 7) is 1.87. The number of hydrogen-bond donors (Lipinski definition) is 0. The van der Waals surface area contributed by atoms with Gasteiger partial charge in [-0.1, -0.05) is 24.3 Å². The molecule has 4 rings (SSSR count). The van der Waals surface area contributed by atoms with Crippen LogP contribution >= 0.6 is 0 Å². The van der Waals surface area contributed by atoms with Gasteiger partial charge in [0, 0.05) is 0 Å². The molecule has 5 nitrogen and oxygen atoms in total. The van der Waals surface area contributed by atoms with E-state index >= 15 is 0 Å². The second-order valence-electron chi connectivity index (χ2n) is 5.81. The molecule has 0 aliphatic carbocycles. The van der Waals surface area contributed by atoms with Crippen LogP contribution in [0.5, 0.6) is 5.75 Å². The zero-order chi connectivity index (χ0) is 14.8. The Bertz CT molecular complexity index is 683. The summed E-state index contributed by atoms with van der Waals surface area (Å²) in [4.78, 5) is 26.8. The molecule has 2 bridgehead atoms. The molecule has 5 heteroatoms. The molecule has 0 unspecified atom stereocenters. The van der Waals surface area contributed by atoms with Gasteiger partial charge in [-0.25, -0.2) is 4.90 Å². The molecule has 0 radical (unpaired) electrons. The van der Waals surface area contributed by atoms with Crippen molar-refractivity contribution in [1.82, 2.24) is 0 Å². The van der Waals surface area contributed by atoms with E-state index in [1.54, 1.807) is 18.2 Å². The molecule has 21 heavy (non-hydrogen) atoms. The van der Waals surface area contributed by atoms with Gasteiger partial charge in [-0.2, -0.15) is 0 Å². The molecule has 0 N–H and O–H groups in total. The maximum Gasteiger partial charge on any atom is 0.241 e. The molecule has 1 aromatic carbocycles. The van der Waals surface area contributed by atoms with Crippen molar-refractivity contribution in [1.29, 1.82) is 0 Å². The first-order valence-corrected chi connectivity index (χ1v) is 6.95. The van der Waals surface area contributed by atoms with Gasteiger partial charge in [0.25, 0.3) is 0 Å². The molecule has 0 aromatic heterocycles. The number of rotatable bonds is 2. The van der Waals surface area contributed by atoms with Crippen molar-refractivity contribution in [3.05, 3.63) is 36.4 Å². The molecule has 3 heterocycles. The Balaban J connectivity index is 1.80. The zero-order valence-electron chi connectivity index (χ0n) is 11.8. The number of carbonyl (C=O) groups is 2. The van der Waals surface area contributed by atoms with E-state index in [9.17, 15) is 9.59 Å². The van der Waals surface area contributed by atoms with E-state index in [1.165, 1.54) is 12.0 Å². The Morgan fingerprint density at radius 2 is 2.00 bits per heavy atom. The van der Waals surface area contributed by atoms with Gasteiger partial charge in [0.1, 0.15) is 5.75 Å². The third kappa shape index (κ3) is 1.44. The van der Waals surface area contributed by atoms with Crippen LogP contribution < -0.4 is 9.64 Å². The van der Waals surface area contributed by atoms with Crippen LogP contribution in [-0.4, -0.2) is 30.6 Å². The summed E-state index contributed by atoms with van der Waals surface area (Å²) in [7, 11) is 1.53. The summed E-state index contributed by atoms with van der Waals surface area (Å²) < 4.78 is 11.1. The smallest absolute Gasteiger partial charge is 0.241 e. The number of fused-ring (bicyclic) bond motifs is 5. The van der Waals surface area contributed by atoms with Gasteiger partial charge in [0.15, 0.2) is 0 Å². The van der Waals surface area contributed by atoms with E-state index in [0.717, 1.165) is 0 Å². The standard InChI is InChI=1S/C16H15NO4/c1-16-8-7-11(21-16)12-13(16)15(19)17(14(12)18)9-5-3-4-6-10(9)20-2/h3-8,11-13H,1-2H3/t11-,12-,13-,16+/m0/s1. The van der Waals surface area contributed by atoms with Crippen LogP contribution in [0.1, 0.15) is 6.92 Å². The number of carbonyl (C=O) groups excluding carboxylic acids is 2. The number of hydrogen-bond acceptors (Lipinski definition) is 4. The molecule has 2 amide bonds. The van der Waals surface area contributed by atoms with Gasteiger partial charge >= 0.3 is 0 Å². The largest absolute Gasteiger partial charge is 0.495 e. The lowest BCUT2D eigenvalue weighted by Crippen LogP contribution is -2.38. The summed E-state index contributed by atoms with van der Waals surface area (Å²) in [6.07, 6.45) is 3.49. The first kappa shape index (κ1) is 12.6. The molecule has 0 spiro atoms. The average molecular weight is 285 g/mol. The predicted octanol–water partition coefficient (Wildman–Crippen LogP) is 1.53. The van der Waals surface area contributed by atoms with Gasteiger partial charge in [-0.15, -0.1) is 0 Å². The molecule has 3 aliphatic rings. The van der Waals surface area contributed by atoms with Gasteiger partial charge in [0.05, 0.1) is 36.3 Å². The lowest BCUT2D eigenvalue weighted by Gasteiger charge is -2.24. The highest BCUT2D eigenvalue weighted by molar-refractivity contribution is 6.23. The molecule has 2 saturated heterocycles. The highest BCUT2D eigenvalue weighted by Crippen LogP contribution is 2.52. The maximum absolute atomic E-state index is 12.8. The Hall–Kier alpha value is -2.14. The molecular weight excluding hydrogens is 270 g/mol. The zero-order valence-corrected chi connectivity index (χ0v) is 11.8. The van der Waals surface area contributed by atoms with Crippen LogP contribution in [0.2, 0.25) is 0 Å². The van der Waals surface area contributed by atoms with E-state index < -0.39 is 17.4 Å². The van der Waals surface area contributed by atoms with Crippen LogP contribution in [0.3, 0.4) is 0 Å². The first-order chi connectivity index (χ1) is 10.1. The number of ether oxygens (including phenoxy) is 2. The van der Waals surface area contributed by atoms with Crippen molar-refractivity contribution < 1.29 is 19.1 Å². The maximum atomic E-state index is 12.8. The Morgan fingerprint density at radius 3 is 2.71 bits per heavy atom. The lowest BCUT2D eigenvalue weighted by molar-refractivity contribution is -0.126. The van der Waals surface area contributed by atoms with Crippen molar-refractivity contribution in [3.63, 3.8) is 0 Å². The predicted molar refractivity (Wildman–Crippen MR) is 74.9 cm³/mol. The minimum Gasteiger partial charge on any atom is -0.495 e. The third-order valence-electron chi connectivity index (χ3n) is 4.66. The number of nitrogens with zero attached hydrogens (tertiary/aromatic N) is 1. The fourth-order valence-electron chi connectivity index (χ4n) is 3.70. The van der Waals surface area contributed by atoms with Gasteiger partial charge in [-0.3, -0.25) is 9.59 Å². The van der Waals surface area contributed by atoms with Crippen LogP contribution in [0, 0.1) is 11.8 Å². The SMILES string of the molecule is COc1ccccc1N1C(=O)[C@H]2[C@@H]3C=C[C@@](C)(O3)[C@@H]2C1=O. The fraction of sp³-hybridized carbons (Fsp3) is 0.375. The summed E-state index contributed by atoms with van der Waals surface area (Å²) >= 11 is 0. The van der Waals surface area contributed by atoms with Gasteiger partial charge < -0.3 is 9.47 Å². The normalized spacial score (nSPS) is 36.5. The highest BCUT2D eigenvalue weighted by Gasteiger charge is 2.66. The highest BCUT2D eigenvalue weighted by atomic mass is 16.5. The molecular formula is C16H15NO4. The lowest BCUT2D eigenvalue weighted by atomic mass is 9.78. The minimum absolute atomic E-state index is 0.201. The Labute approximate surface area is 122 Å². The number of anilines is 1. The average Bonchev–Trinajstić information content (AvgIpc) is 3.08. The van der Waals surface area contributed by atoms with E-state index in [1.807, 2.05) is 25.1 Å². The number of imide groups is 1. The van der Waals surface area contributed by atoms with E-state index in [4.69, 9.17) is 9.47 Å². The number of amides is 2. The van der Waals surface area contributed by atoms with Crippen molar-refractivity contribution in [2.45, 2.75) is 18.6 Å². The van der Waals surface area contributed by atoms with Crippen molar-refractivity contribution in [2.24, 2.45) is 11.8 Å². The fourth-order valence-corrected chi connectivity index (χ4v) is 3.70. The number of para-hydroxylation sites is 2. The third-order valence-corrected chi connectivity index (χ3v) is 4.66. The van der Waals surface area contributed by atoms with Crippen LogP contribution in [0.4, 0.5) is 5.69 Å². The molecule has 3 aliphatic heterocycles. The second kappa shape index (κ2) is 3.95. The summed E-state index contributed by atoms with van der Waals surface area (Å²) in [6, 6.07) is 7.07. The molecule has 2 fully saturated rings. The minimum atomic E-state index is -0.668. The number of benzene rings is 1. The second-order valence-corrected chi connectivity index (χ2v) is 5.81. The van der Waals surface area contributed by atoms with E-state index in [0.29, 0.717) is 11.4 Å². The van der Waals surface area contributed by atoms with Crippen molar-refractivity contribution in [3.8, 4) is 5.75 Å².